The first kappa shape index (κ1) is 9.19. The Bertz CT molecular complexity index is 314. The largest absolute Gasteiger partial charge is 0.377 e. The molecule has 0 radical (unpaired) electrons. The van der Waals surface area contributed by atoms with Gasteiger partial charge in [0.15, 0.2) is 0 Å². The van der Waals surface area contributed by atoms with Crippen LogP contribution in [0.15, 0.2) is 22.7 Å². The van der Waals surface area contributed by atoms with Crippen molar-refractivity contribution in [3.8, 4) is 0 Å². The third-order valence-electron chi connectivity index (χ3n) is 2.34. The molecule has 13 heavy (non-hydrogen) atoms. The number of rotatable bonds is 0. The van der Waals surface area contributed by atoms with E-state index in [2.05, 4.69) is 28.1 Å². The van der Waals surface area contributed by atoms with Gasteiger partial charge in [0, 0.05) is 17.1 Å². The van der Waals surface area contributed by atoms with Gasteiger partial charge in [-0.05, 0) is 29.7 Å². The molecule has 1 aromatic carbocycles. The molecule has 3 heteroatoms. The number of fused-ring (bicyclic) bond motifs is 1. The van der Waals surface area contributed by atoms with Crippen LogP contribution in [0, 0.1) is 0 Å². The van der Waals surface area contributed by atoms with Crippen LogP contribution in [0.2, 0.25) is 0 Å². The molecule has 1 unspecified atom stereocenters. The minimum absolute atomic E-state index is 0.130. The van der Waals surface area contributed by atoms with Crippen LogP contribution >= 0.6 is 15.9 Å². The number of halogens is 1. The van der Waals surface area contributed by atoms with Gasteiger partial charge in [0.2, 0.25) is 0 Å². The molecule has 1 heterocycles. The standard InChI is InChI=1S/C10H12BrNO/c11-8-1-2-9-7(5-8)6-13-4-3-10(9)12/h1-2,5,10H,3-4,6,12H2. The molecule has 0 bridgehead atoms. The van der Waals surface area contributed by atoms with Gasteiger partial charge in [-0.3, -0.25) is 0 Å². The summed E-state index contributed by atoms with van der Waals surface area (Å²) in [5, 5.41) is 0. The molecule has 1 aliphatic rings. The maximum Gasteiger partial charge on any atom is 0.0720 e. The summed E-state index contributed by atoms with van der Waals surface area (Å²) in [6.45, 7) is 1.44. The van der Waals surface area contributed by atoms with E-state index in [4.69, 9.17) is 10.5 Å². The predicted molar refractivity (Wildman–Crippen MR) is 55.3 cm³/mol. The second kappa shape index (κ2) is 3.78. The molecular weight excluding hydrogens is 230 g/mol. The quantitative estimate of drug-likeness (QED) is 0.758. The van der Waals surface area contributed by atoms with Gasteiger partial charge in [0.05, 0.1) is 6.61 Å². The predicted octanol–water partition coefficient (Wildman–Crippen LogP) is 2.37. The molecule has 0 fully saturated rings. The molecule has 2 nitrogen and oxygen atoms in total. The van der Waals surface area contributed by atoms with E-state index in [0.29, 0.717) is 6.61 Å². The van der Waals surface area contributed by atoms with Crippen molar-refractivity contribution in [2.45, 2.75) is 19.1 Å². The summed E-state index contributed by atoms with van der Waals surface area (Å²) in [6, 6.07) is 6.33. The smallest absolute Gasteiger partial charge is 0.0720 e. The summed E-state index contributed by atoms with van der Waals surface area (Å²) in [5.41, 5.74) is 8.43. The normalized spacial score (nSPS) is 22.2. The lowest BCUT2D eigenvalue weighted by Crippen LogP contribution is -2.11. The molecule has 70 valence electrons. The minimum atomic E-state index is 0.130. The Balaban J connectivity index is 2.42. The average Bonchev–Trinajstić information content (AvgIpc) is 2.28. The van der Waals surface area contributed by atoms with E-state index in [1.54, 1.807) is 0 Å². The fourth-order valence-electron chi connectivity index (χ4n) is 1.61. The Labute approximate surface area is 86.2 Å². The van der Waals surface area contributed by atoms with Gasteiger partial charge in [-0.2, -0.15) is 0 Å². The first-order chi connectivity index (χ1) is 6.27. The van der Waals surface area contributed by atoms with E-state index in [9.17, 15) is 0 Å². The van der Waals surface area contributed by atoms with E-state index in [1.807, 2.05) is 6.07 Å². The maximum absolute atomic E-state index is 6.00. The van der Waals surface area contributed by atoms with Gasteiger partial charge in [-0.1, -0.05) is 22.0 Å². The third-order valence-corrected chi connectivity index (χ3v) is 2.83. The molecule has 1 atom stereocenters. The summed E-state index contributed by atoms with van der Waals surface area (Å²) in [4.78, 5) is 0. The van der Waals surface area contributed by atoms with Crippen LogP contribution in [0.25, 0.3) is 0 Å². The summed E-state index contributed by atoms with van der Waals surface area (Å²) in [7, 11) is 0. The van der Waals surface area contributed by atoms with Crippen molar-refractivity contribution >= 4 is 15.9 Å². The first-order valence-corrected chi connectivity index (χ1v) is 5.18. The molecule has 0 saturated heterocycles. The second-order valence-corrected chi connectivity index (χ2v) is 4.21. The first-order valence-electron chi connectivity index (χ1n) is 4.39. The molecule has 0 spiro atoms. The summed E-state index contributed by atoms with van der Waals surface area (Å²) < 4.78 is 6.53. The van der Waals surface area contributed by atoms with Gasteiger partial charge in [0.25, 0.3) is 0 Å². The van der Waals surface area contributed by atoms with Crippen molar-refractivity contribution in [3.05, 3.63) is 33.8 Å². The topological polar surface area (TPSA) is 35.2 Å². The van der Waals surface area contributed by atoms with Gasteiger partial charge in [-0.25, -0.2) is 0 Å². The maximum atomic E-state index is 6.00. The Morgan fingerprint density at radius 1 is 1.46 bits per heavy atom. The van der Waals surface area contributed by atoms with Crippen molar-refractivity contribution < 1.29 is 4.74 Å². The van der Waals surface area contributed by atoms with Crippen LogP contribution in [-0.2, 0) is 11.3 Å². The fraction of sp³-hybridized carbons (Fsp3) is 0.400. The van der Waals surface area contributed by atoms with Crippen LogP contribution in [0.5, 0.6) is 0 Å². The van der Waals surface area contributed by atoms with E-state index in [-0.39, 0.29) is 6.04 Å². The number of benzene rings is 1. The van der Waals surface area contributed by atoms with Gasteiger partial charge in [0.1, 0.15) is 0 Å². The summed E-state index contributed by atoms with van der Waals surface area (Å²) in [6.07, 6.45) is 0.911. The Kier molecular flexibility index (Phi) is 2.67. The molecule has 1 aliphatic heterocycles. The van der Waals surface area contributed by atoms with Gasteiger partial charge in [-0.15, -0.1) is 0 Å². The van der Waals surface area contributed by atoms with Crippen LogP contribution in [0.4, 0.5) is 0 Å². The second-order valence-electron chi connectivity index (χ2n) is 3.29. The SMILES string of the molecule is NC1CCOCc2cc(Br)ccc21. The molecule has 0 amide bonds. The Morgan fingerprint density at radius 2 is 2.31 bits per heavy atom. The van der Waals surface area contributed by atoms with Crippen molar-refractivity contribution in [1.29, 1.82) is 0 Å². The van der Waals surface area contributed by atoms with Crippen LogP contribution < -0.4 is 5.73 Å². The highest BCUT2D eigenvalue weighted by molar-refractivity contribution is 9.10. The molecule has 2 rings (SSSR count). The van der Waals surface area contributed by atoms with Crippen LogP contribution in [0.1, 0.15) is 23.6 Å². The number of ether oxygens (including phenoxy) is 1. The van der Waals surface area contributed by atoms with E-state index < -0.39 is 0 Å². The van der Waals surface area contributed by atoms with E-state index in [1.165, 1.54) is 11.1 Å². The van der Waals surface area contributed by atoms with Gasteiger partial charge < -0.3 is 10.5 Å². The summed E-state index contributed by atoms with van der Waals surface area (Å²) in [5.74, 6) is 0. The Morgan fingerprint density at radius 3 is 3.15 bits per heavy atom. The number of nitrogens with two attached hydrogens (primary N) is 1. The zero-order valence-corrected chi connectivity index (χ0v) is 8.88. The van der Waals surface area contributed by atoms with E-state index in [0.717, 1.165) is 17.5 Å². The highest BCUT2D eigenvalue weighted by Gasteiger charge is 2.14. The van der Waals surface area contributed by atoms with Crippen LogP contribution in [-0.4, -0.2) is 6.61 Å². The third kappa shape index (κ3) is 1.93. The highest BCUT2D eigenvalue weighted by Crippen LogP contribution is 2.26. The molecule has 0 aliphatic carbocycles. The zero-order valence-electron chi connectivity index (χ0n) is 7.29. The van der Waals surface area contributed by atoms with Crippen molar-refractivity contribution in [1.82, 2.24) is 0 Å². The molecule has 1 aromatic rings. The fourth-order valence-corrected chi connectivity index (χ4v) is 2.02. The number of hydrogen-bond donors (Lipinski definition) is 1. The van der Waals surface area contributed by atoms with E-state index >= 15 is 0 Å². The minimum Gasteiger partial charge on any atom is -0.377 e. The highest BCUT2D eigenvalue weighted by atomic mass is 79.9. The Hall–Kier alpha value is -0.380. The van der Waals surface area contributed by atoms with Crippen molar-refractivity contribution in [2.24, 2.45) is 5.73 Å². The number of hydrogen-bond acceptors (Lipinski definition) is 2. The zero-order chi connectivity index (χ0) is 9.26. The average molecular weight is 242 g/mol. The molecule has 0 aromatic heterocycles. The molecule has 2 N–H and O–H groups in total. The van der Waals surface area contributed by atoms with Crippen LogP contribution in [0.3, 0.4) is 0 Å². The lowest BCUT2D eigenvalue weighted by atomic mass is 10.0. The lowest BCUT2D eigenvalue weighted by molar-refractivity contribution is 0.122. The van der Waals surface area contributed by atoms with Crippen molar-refractivity contribution in [2.75, 3.05) is 6.61 Å². The lowest BCUT2D eigenvalue weighted by Gasteiger charge is -2.11. The summed E-state index contributed by atoms with van der Waals surface area (Å²) >= 11 is 3.44. The monoisotopic (exact) mass is 241 g/mol. The van der Waals surface area contributed by atoms with Gasteiger partial charge >= 0.3 is 0 Å². The van der Waals surface area contributed by atoms with Crippen molar-refractivity contribution in [3.63, 3.8) is 0 Å². The molecule has 0 saturated carbocycles. The molecular formula is C10H12BrNO.